The Morgan fingerprint density at radius 2 is 1.81 bits per heavy atom. The molecule has 0 aliphatic carbocycles. The fourth-order valence-electron chi connectivity index (χ4n) is 2.69. The van der Waals surface area contributed by atoms with E-state index in [4.69, 9.17) is 0 Å². The number of pyridine rings is 1. The molecule has 2 aromatic carbocycles. The summed E-state index contributed by atoms with van der Waals surface area (Å²) in [5, 5.41) is 4.04. The van der Waals surface area contributed by atoms with Crippen LogP contribution in [0.4, 0.5) is 15.8 Å². The zero-order valence-corrected chi connectivity index (χ0v) is 15.6. The van der Waals surface area contributed by atoms with Gasteiger partial charge in [-0.2, -0.15) is 0 Å². The van der Waals surface area contributed by atoms with Crippen LogP contribution in [0.25, 0.3) is 10.9 Å². The largest absolute Gasteiger partial charge is 0.380 e. The lowest BCUT2D eigenvalue weighted by molar-refractivity contribution is 0.600. The molecule has 26 heavy (non-hydrogen) atoms. The van der Waals surface area contributed by atoms with E-state index in [1.807, 2.05) is 25.1 Å². The zero-order chi connectivity index (χ0) is 18.9. The number of aromatic nitrogens is 1. The molecule has 0 fully saturated rings. The molecule has 0 aliphatic rings. The Morgan fingerprint density at radius 1 is 1.12 bits per heavy atom. The van der Waals surface area contributed by atoms with E-state index in [1.165, 1.54) is 29.7 Å². The second-order valence-electron chi connectivity index (χ2n) is 6.22. The van der Waals surface area contributed by atoms with Crippen molar-refractivity contribution in [3.63, 3.8) is 0 Å². The maximum atomic E-state index is 13.6. The smallest absolute Gasteiger partial charge is 0.231 e. The van der Waals surface area contributed by atoms with E-state index in [0.29, 0.717) is 12.2 Å². The molecule has 1 aromatic heterocycles. The summed E-state index contributed by atoms with van der Waals surface area (Å²) in [5.74, 6) is -0.306. The molecule has 0 bridgehead atoms. The van der Waals surface area contributed by atoms with E-state index in [9.17, 15) is 12.8 Å². The first kappa shape index (κ1) is 18.1. The Bertz CT molecular complexity index is 1050. The highest BCUT2D eigenvalue weighted by Gasteiger charge is 2.11. The summed E-state index contributed by atoms with van der Waals surface area (Å²) in [6.45, 7) is 2.42. The van der Waals surface area contributed by atoms with Gasteiger partial charge in [-0.05, 0) is 48.9 Å². The molecular weight excluding hydrogens is 353 g/mol. The van der Waals surface area contributed by atoms with Crippen molar-refractivity contribution in [2.24, 2.45) is 0 Å². The minimum Gasteiger partial charge on any atom is -0.380 e. The van der Waals surface area contributed by atoms with Crippen molar-refractivity contribution < 1.29 is 12.8 Å². The third-order valence-corrected chi connectivity index (χ3v) is 5.38. The number of fused-ring (bicyclic) bond motifs is 1. The van der Waals surface area contributed by atoms with Gasteiger partial charge in [0.05, 0.1) is 17.5 Å². The molecule has 3 rings (SSSR count). The lowest BCUT2D eigenvalue weighted by Gasteiger charge is -2.17. The number of halogens is 1. The molecule has 3 aromatic rings. The molecule has 1 N–H and O–H groups in total. The van der Waals surface area contributed by atoms with Gasteiger partial charge in [-0.1, -0.05) is 12.1 Å². The quantitative estimate of drug-likeness (QED) is 0.741. The number of sulfonamides is 1. The molecule has 0 radical (unpaired) electrons. The molecule has 0 amide bonds. The third-order valence-electron chi connectivity index (χ3n) is 4.18. The summed E-state index contributed by atoms with van der Waals surface area (Å²) in [6, 6.07) is 13.7. The minimum atomic E-state index is -3.28. The Balaban J connectivity index is 1.81. The number of anilines is 2. The monoisotopic (exact) mass is 373 g/mol. The van der Waals surface area contributed by atoms with Crippen LogP contribution in [-0.4, -0.2) is 26.7 Å². The van der Waals surface area contributed by atoms with Crippen molar-refractivity contribution in [3.8, 4) is 0 Å². The number of benzene rings is 2. The van der Waals surface area contributed by atoms with Crippen LogP contribution in [0, 0.1) is 12.7 Å². The van der Waals surface area contributed by atoms with Gasteiger partial charge in [0.1, 0.15) is 5.82 Å². The second kappa shape index (κ2) is 6.92. The standard InChI is InChI=1S/C19H20FN3O2S/c1-13-10-19(17-11-15(20)6-9-18(17)22-13)21-12-14-4-7-16(8-5-14)23(2)26(3,24)25/h4-11H,12H2,1-3H3,(H,21,22). The van der Waals surface area contributed by atoms with Gasteiger partial charge in [-0.3, -0.25) is 9.29 Å². The summed E-state index contributed by atoms with van der Waals surface area (Å²) in [6.07, 6.45) is 1.17. The highest BCUT2D eigenvalue weighted by atomic mass is 32.2. The summed E-state index contributed by atoms with van der Waals surface area (Å²) in [5.41, 5.74) is 3.97. The fraction of sp³-hybridized carbons (Fsp3) is 0.211. The van der Waals surface area contributed by atoms with E-state index in [1.54, 1.807) is 18.2 Å². The van der Waals surface area contributed by atoms with Gasteiger partial charge in [0.15, 0.2) is 0 Å². The summed E-state index contributed by atoms with van der Waals surface area (Å²) < 4.78 is 38.0. The molecular formula is C19H20FN3O2S. The van der Waals surface area contributed by atoms with Crippen LogP contribution in [0.15, 0.2) is 48.5 Å². The number of aryl methyl sites for hydroxylation is 1. The molecule has 0 spiro atoms. The number of rotatable bonds is 5. The lowest BCUT2D eigenvalue weighted by atomic mass is 10.1. The summed E-state index contributed by atoms with van der Waals surface area (Å²) >= 11 is 0. The van der Waals surface area contributed by atoms with E-state index in [0.717, 1.165) is 27.8 Å². The second-order valence-corrected chi connectivity index (χ2v) is 8.24. The average molecular weight is 373 g/mol. The van der Waals surface area contributed by atoms with Crippen LogP contribution >= 0.6 is 0 Å². The predicted molar refractivity (Wildman–Crippen MR) is 103 cm³/mol. The van der Waals surface area contributed by atoms with E-state index in [-0.39, 0.29) is 5.82 Å². The highest BCUT2D eigenvalue weighted by molar-refractivity contribution is 7.92. The third kappa shape index (κ3) is 3.94. The molecule has 0 saturated carbocycles. The highest BCUT2D eigenvalue weighted by Crippen LogP contribution is 2.25. The first-order valence-electron chi connectivity index (χ1n) is 8.08. The number of nitrogens with zero attached hydrogens (tertiary/aromatic N) is 2. The molecule has 7 heteroatoms. The molecule has 0 saturated heterocycles. The SMILES string of the molecule is Cc1cc(NCc2ccc(N(C)S(C)(=O)=O)cc2)c2cc(F)ccc2n1. The first-order chi connectivity index (χ1) is 12.2. The summed E-state index contributed by atoms with van der Waals surface area (Å²) in [7, 11) is -1.77. The van der Waals surface area contributed by atoms with Crippen LogP contribution in [0.3, 0.4) is 0 Å². The molecule has 0 aliphatic heterocycles. The zero-order valence-electron chi connectivity index (χ0n) is 14.8. The van der Waals surface area contributed by atoms with Gasteiger partial charge in [-0.15, -0.1) is 0 Å². The van der Waals surface area contributed by atoms with Crippen LogP contribution in [0.2, 0.25) is 0 Å². The van der Waals surface area contributed by atoms with Crippen molar-refractivity contribution in [1.82, 2.24) is 4.98 Å². The number of nitrogens with one attached hydrogen (secondary N) is 1. The normalized spacial score (nSPS) is 11.5. The van der Waals surface area contributed by atoms with Crippen molar-refractivity contribution >= 4 is 32.3 Å². The maximum Gasteiger partial charge on any atom is 0.231 e. The number of hydrogen-bond acceptors (Lipinski definition) is 4. The Morgan fingerprint density at radius 3 is 2.46 bits per heavy atom. The first-order valence-corrected chi connectivity index (χ1v) is 9.92. The van der Waals surface area contributed by atoms with Crippen LogP contribution in [0.1, 0.15) is 11.3 Å². The predicted octanol–water partition coefficient (Wildman–Crippen LogP) is 3.69. The molecule has 5 nitrogen and oxygen atoms in total. The molecule has 1 heterocycles. The van der Waals surface area contributed by atoms with Crippen LogP contribution < -0.4 is 9.62 Å². The van der Waals surface area contributed by atoms with Crippen LogP contribution in [-0.2, 0) is 16.6 Å². The average Bonchev–Trinajstić information content (AvgIpc) is 2.59. The minimum absolute atomic E-state index is 0.306. The van der Waals surface area contributed by atoms with Gasteiger partial charge in [0.25, 0.3) is 0 Å². The number of hydrogen-bond donors (Lipinski definition) is 1. The molecule has 0 unspecified atom stereocenters. The molecule has 0 atom stereocenters. The summed E-state index contributed by atoms with van der Waals surface area (Å²) in [4.78, 5) is 4.42. The Labute approximate surface area is 152 Å². The van der Waals surface area contributed by atoms with Crippen LogP contribution in [0.5, 0.6) is 0 Å². The van der Waals surface area contributed by atoms with Crippen molar-refractivity contribution in [3.05, 3.63) is 65.6 Å². The van der Waals surface area contributed by atoms with Crippen molar-refractivity contribution in [1.29, 1.82) is 0 Å². The lowest BCUT2D eigenvalue weighted by Crippen LogP contribution is -2.24. The van der Waals surface area contributed by atoms with Gasteiger partial charge in [0, 0.05) is 30.4 Å². The topological polar surface area (TPSA) is 62.3 Å². The van der Waals surface area contributed by atoms with Gasteiger partial charge >= 0.3 is 0 Å². The van der Waals surface area contributed by atoms with Crippen molar-refractivity contribution in [2.45, 2.75) is 13.5 Å². The van der Waals surface area contributed by atoms with E-state index >= 15 is 0 Å². The fourth-order valence-corrected chi connectivity index (χ4v) is 3.19. The Kier molecular flexibility index (Phi) is 4.82. The van der Waals surface area contributed by atoms with E-state index < -0.39 is 10.0 Å². The van der Waals surface area contributed by atoms with E-state index in [2.05, 4.69) is 10.3 Å². The van der Waals surface area contributed by atoms with Crippen molar-refractivity contribution in [2.75, 3.05) is 22.9 Å². The van der Waals surface area contributed by atoms with Gasteiger partial charge in [-0.25, -0.2) is 12.8 Å². The Hall–Kier alpha value is -2.67. The molecule has 136 valence electrons. The van der Waals surface area contributed by atoms with Gasteiger partial charge in [0.2, 0.25) is 10.0 Å². The van der Waals surface area contributed by atoms with Gasteiger partial charge < -0.3 is 5.32 Å². The maximum absolute atomic E-state index is 13.6.